The molecule has 1 saturated heterocycles. The van der Waals surface area contributed by atoms with Gasteiger partial charge >= 0.3 is 0 Å². The Morgan fingerprint density at radius 1 is 1.16 bits per heavy atom. The van der Waals surface area contributed by atoms with Gasteiger partial charge in [-0.2, -0.15) is 5.10 Å². The molecule has 6 nitrogen and oxygen atoms in total. The average molecular weight is 343 g/mol. The number of fused-ring (bicyclic) bond motifs is 1. The summed E-state index contributed by atoms with van der Waals surface area (Å²) in [6, 6.07) is 6.07. The Morgan fingerprint density at radius 3 is 2.88 bits per heavy atom. The first-order valence-electron chi connectivity index (χ1n) is 9.04. The monoisotopic (exact) mass is 343 g/mol. The second-order valence-corrected chi connectivity index (χ2v) is 6.65. The minimum absolute atomic E-state index is 0.346. The van der Waals surface area contributed by atoms with Gasteiger partial charge in [0, 0.05) is 50.5 Å². The Kier molecular flexibility index (Phi) is 4.90. The van der Waals surface area contributed by atoms with Gasteiger partial charge in [0.1, 0.15) is 0 Å². The second kappa shape index (κ2) is 7.45. The number of nitrogens with zero attached hydrogens (tertiary/aromatic N) is 2. The summed E-state index contributed by atoms with van der Waals surface area (Å²) in [5.41, 5.74) is 3.21. The van der Waals surface area contributed by atoms with Crippen molar-refractivity contribution in [2.45, 2.75) is 31.9 Å². The summed E-state index contributed by atoms with van der Waals surface area (Å²) in [6.45, 7) is 3.94. The summed E-state index contributed by atoms with van der Waals surface area (Å²) in [4.78, 5) is 0. The molecule has 3 heterocycles. The molecule has 0 amide bonds. The van der Waals surface area contributed by atoms with Gasteiger partial charge in [-0.3, -0.25) is 4.68 Å². The smallest absolute Gasteiger partial charge is 0.161 e. The molecule has 25 heavy (non-hydrogen) atoms. The predicted molar refractivity (Wildman–Crippen MR) is 94.9 cm³/mol. The summed E-state index contributed by atoms with van der Waals surface area (Å²) in [6.07, 6.45) is 5.64. The molecule has 0 bridgehead atoms. The SMILES string of the molecule is Cn1cc(CNC[C@H]2CCCO2)c(-c2ccc3c(c2)OCCCO3)n1. The molecule has 0 saturated carbocycles. The van der Waals surface area contributed by atoms with Gasteiger partial charge in [0.15, 0.2) is 11.5 Å². The van der Waals surface area contributed by atoms with Crippen LogP contribution in [0.5, 0.6) is 11.5 Å². The van der Waals surface area contributed by atoms with Gasteiger partial charge in [-0.15, -0.1) is 0 Å². The van der Waals surface area contributed by atoms with Crippen molar-refractivity contribution in [3.8, 4) is 22.8 Å². The molecular weight excluding hydrogens is 318 g/mol. The fraction of sp³-hybridized carbons (Fsp3) is 0.526. The third-order valence-corrected chi connectivity index (χ3v) is 4.64. The van der Waals surface area contributed by atoms with E-state index >= 15 is 0 Å². The van der Waals surface area contributed by atoms with E-state index in [4.69, 9.17) is 14.2 Å². The van der Waals surface area contributed by atoms with E-state index in [9.17, 15) is 0 Å². The van der Waals surface area contributed by atoms with Gasteiger partial charge in [0.2, 0.25) is 0 Å². The highest BCUT2D eigenvalue weighted by atomic mass is 16.5. The van der Waals surface area contributed by atoms with Crippen LogP contribution in [0.1, 0.15) is 24.8 Å². The van der Waals surface area contributed by atoms with Crippen LogP contribution in [0.15, 0.2) is 24.4 Å². The van der Waals surface area contributed by atoms with E-state index in [1.807, 2.05) is 23.9 Å². The molecule has 0 aliphatic carbocycles. The van der Waals surface area contributed by atoms with E-state index in [1.54, 1.807) is 0 Å². The van der Waals surface area contributed by atoms with Crippen molar-refractivity contribution in [2.24, 2.45) is 7.05 Å². The summed E-state index contributed by atoms with van der Waals surface area (Å²) in [7, 11) is 1.95. The lowest BCUT2D eigenvalue weighted by Crippen LogP contribution is -2.25. The molecule has 1 N–H and O–H groups in total. The molecule has 134 valence electrons. The zero-order valence-corrected chi connectivity index (χ0v) is 14.7. The van der Waals surface area contributed by atoms with E-state index in [2.05, 4.69) is 22.7 Å². The number of hydrogen-bond donors (Lipinski definition) is 1. The highest BCUT2D eigenvalue weighted by Crippen LogP contribution is 2.34. The van der Waals surface area contributed by atoms with Crippen molar-refractivity contribution in [1.29, 1.82) is 0 Å². The van der Waals surface area contributed by atoms with E-state index in [-0.39, 0.29) is 0 Å². The van der Waals surface area contributed by atoms with Crippen LogP contribution in [0, 0.1) is 0 Å². The lowest BCUT2D eigenvalue weighted by atomic mass is 10.1. The lowest BCUT2D eigenvalue weighted by Gasteiger charge is -2.11. The highest BCUT2D eigenvalue weighted by Gasteiger charge is 2.17. The maximum atomic E-state index is 5.81. The molecule has 0 radical (unpaired) electrons. The standard InChI is InChI=1S/C19H25N3O3/c1-22-13-15(11-20-12-16-4-2-7-23-16)19(21-22)14-5-6-17-18(10-14)25-9-3-8-24-17/h5-6,10,13,16,20H,2-4,7-9,11-12H2,1H3/t16-/m1/s1. The normalized spacial score (nSPS) is 19.8. The zero-order chi connectivity index (χ0) is 17.1. The number of benzene rings is 1. The van der Waals surface area contributed by atoms with Crippen molar-refractivity contribution in [1.82, 2.24) is 15.1 Å². The first-order chi connectivity index (χ1) is 12.3. The Bertz CT molecular complexity index is 723. The third-order valence-electron chi connectivity index (χ3n) is 4.64. The number of aromatic nitrogens is 2. The van der Waals surface area contributed by atoms with Crippen molar-refractivity contribution in [3.05, 3.63) is 30.0 Å². The third kappa shape index (κ3) is 3.80. The van der Waals surface area contributed by atoms with Gasteiger partial charge < -0.3 is 19.5 Å². The van der Waals surface area contributed by atoms with Crippen LogP contribution >= 0.6 is 0 Å². The quantitative estimate of drug-likeness (QED) is 0.904. The number of rotatable bonds is 5. The predicted octanol–water partition coefficient (Wildman–Crippen LogP) is 2.52. The van der Waals surface area contributed by atoms with Crippen molar-refractivity contribution in [3.63, 3.8) is 0 Å². The molecule has 6 heteroatoms. The van der Waals surface area contributed by atoms with Gasteiger partial charge in [0.05, 0.1) is 25.0 Å². The zero-order valence-electron chi connectivity index (χ0n) is 14.7. The first kappa shape index (κ1) is 16.4. The molecule has 2 aromatic rings. The number of hydrogen-bond acceptors (Lipinski definition) is 5. The molecule has 4 rings (SSSR count). The summed E-state index contributed by atoms with van der Waals surface area (Å²) < 4.78 is 19.1. The largest absolute Gasteiger partial charge is 0.490 e. The Balaban J connectivity index is 1.50. The highest BCUT2D eigenvalue weighted by molar-refractivity contribution is 5.66. The van der Waals surface area contributed by atoms with E-state index in [0.29, 0.717) is 19.3 Å². The fourth-order valence-corrected chi connectivity index (χ4v) is 3.39. The summed E-state index contributed by atoms with van der Waals surface area (Å²) in [5.74, 6) is 1.62. The van der Waals surface area contributed by atoms with Crippen molar-refractivity contribution < 1.29 is 14.2 Å². The van der Waals surface area contributed by atoms with Gasteiger partial charge in [0.25, 0.3) is 0 Å². The summed E-state index contributed by atoms with van der Waals surface area (Å²) >= 11 is 0. The van der Waals surface area contributed by atoms with E-state index in [1.165, 1.54) is 12.0 Å². The van der Waals surface area contributed by atoms with Gasteiger partial charge in [-0.05, 0) is 31.0 Å². The first-order valence-corrected chi connectivity index (χ1v) is 9.04. The van der Waals surface area contributed by atoms with Crippen LogP contribution < -0.4 is 14.8 Å². The molecule has 1 fully saturated rings. The molecule has 1 atom stereocenters. The average Bonchev–Trinajstić information content (AvgIpc) is 3.19. The minimum Gasteiger partial charge on any atom is -0.490 e. The maximum absolute atomic E-state index is 5.81. The van der Waals surface area contributed by atoms with Crippen LogP contribution in [0.2, 0.25) is 0 Å². The van der Waals surface area contributed by atoms with E-state index < -0.39 is 0 Å². The topological polar surface area (TPSA) is 57.5 Å². The van der Waals surface area contributed by atoms with Gasteiger partial charge in [-0.1, -0.05) is 0 Å². The van der Waals surface area contributed by atoms with Crippen LogP contribution in [0.4, 0.5) is 0 Å². The lowest BCUT2D eigenvalue weighted by molar-refractivity contribution is 0.110. The molecule has 0 spiro atoms. The molecule has 2 aliphatic rings. The molecule has 2 aliphatic heterocycles. The Labute approximate surface area is 148 Å². The molecule has 1 aromatic carbocycles. The van der Waals surface area contributed by atoms with Crippen LogP contribution in [0.3, 0.4) is 0 Å². The number of ether oxygens (including phenoxy) is 3. The van der Waals surface area contributed by atoms with Crippen molar-refractivity contribution >= 4 is 0 Å². The van der Waals surface area contributed by atoms with Gasteiger partial charge in [-0.25, -0.2) is 0 Å². The number of aryl methyl sites for hydroxylation is 1. The Morgan fingerprint density at radius 2 is 2.04 bits per heavy atom. The van der Waals surface area contributed by atoms with Crippen molar-refractivity contribution in [2.75, 3.05) is 26.4 Å². The Hall–Kier alpha value is -2.05. The van der Waals surface area contributed by atoms with E-state index in [0.717, 1.165) is 55.3 Å². The summed E-state index contributed by atoms with van der Waals surface area (Å²) in [5, 5.41) is 8.16. The maximum Gasteiger partial charge on any atom is 0.161 e. The molecular formula is C19H25N3O3. The minimum atomic E-state index is 0.346. The molecule has 1 aromatic heterocycles. The second-order valence-electron chi connectivity index (χ2n) is 6.65. The van der Waals surface area contributed by atoms with Crippen LogP contribution in [-0.2, 0) is 18.3 Å². The number of nitrogens with one attached hydrogen (secondary N) is 1. The fourth-order valence-electron chi connectivity index (χ4n) is 3.39. The molecule has 0 unspecified atom stereocenters. The van der Waals surface area contributed by atoms with Crippen LogP contribution in [-0.4, -0.2) is 42.2 Å². The van der Waals surface area contributed by atoms with Crippen LogP contribution in [0.25, 0.3) is 11.3 Å².